The molecule has 0 bridgehead atoms. The van der Waals surface area contributed by atoms with Gasteiger partial charge in [-0.3, -0.25) is 0 Å². The van der Waals surface area contributed by atoms with E-state index >= 15 is 0 Å². The summed E-state index contributed by atoms with van der Waals surface area (Å²) in [5.74, 6) is 0. The molecule has 2 atom stereocenters. The van der Waals surface area contributed by atoms with Gasteiger partial charge in [0.25, 0.3) is 0 Å². The summed E-state index contributed by atoms with van der Waals surface area (Å²) in [4.78, 5) is 1.27. The van der Waals surface area contributed by atoms with Crippen molar-refractivity contribution in [1.29, 1.82) is 0 Å². The Labute approximate surface area is 95.1 Å². The maximum Gasteiger partial charge on any atom is 0.0573 e. The van der Waals surface area contributed by atoms with Gasteiger partial charge in [0.2, 0.25) is 0 Å². The first-order chi connectivity index (χ1) is 7.11. The van der Waals surface area contributed by atoms with Crippen LogP contribution >= 0.6 is 11.8 Å². The highest BCUT2D eigenvalue weighted by molar-refractivity contribution is 8.00. The summed E-state index contributed by atoms with van der Waals surface area (Å²) in [5.41, 5.74) is 3.82. The lowest BCUT2D eigenvalue weighted by Gasteiger charge is -2.32. The molecule has 3 heteroatoms. The second kappa shape index (κ2) is 4.06. The monoisotopic (exact) mass is 223 g/mol. The summed E-state index contributed by atoms with van der Waals surface area (Å²) in [6, 6.07) is 4.71. The second-order valence-corrected chi connectivity index (χ2v) is 5.51. The summed E-state index contributed by atoms with van der Waals surface area (Å²) < 4.78 is 0. The lowest BCUT2D eigenvalue weighted by molar-refractivity contribution is 0.287. The van der Waals surface area contributed by atoms with Gasteiger partial charge >= 0.3 is 0 Å². The van der Waals surface area contributed by atoms with E-state index in [9.17, 15) is 5.11 Å². The minimum atomic E-state index is 0.227. The third kappa shape index (κ3) is 1.99. The van der Waals surface area contributed by atoms with Gasteiger partial charge in [0.1, 0.15) is 0 Å². The molecule has 0 amide bonds. The van der Waals surface area contributed by atoms with Crippen molar-refractivity contribution in [3.05, 3.63) is 23.3 Å². The van der Waals surface area contributed by atoms with Crippen molar-refractivity contribution in [3.8, 4) is 0 Å². The number of aliphatic hydroxyl groups excluding tert-OH is 1. The quantitative estimate of drug-likeness (QED) is 0.767. The molecule has 1 aliphatic heterocycles. The van der Waals surface area contributed by atoms with Crippen LogP contribution in [0.15, 0.2) is 17.0 Å². The van der Waals surface area contributed by atoms with Crippen molar-refractivity contribution in [2.45, 2.75) is 37.0 Å². The molecule has 1 aromatic carbocycles. The molecule has 0 radical (unpaired) electrons. The van der Waals surface area contributed by atoms with E-state index in [1.165, 1.54) is 21.7 Å². The molecule has 0 aliphatic carbocycles. The zero-order chi connectivity index (χ0) is 11.0. The maximum absolute atomic E-state index is 9.26. The standard InChI is InChI=1S/C12H17NOS/c1-7-4-8(2)12-10(5-7)15-11(6-14)9(3)13-12/h4-5,9,11,13-14H,6H2,1-3H3. The van der Waals surface area contributed by atoms with E-state index in [2.05, 4.69) is 38.2 Å². The van der Waals surface area contributed by atoms with E-state index in [-0.39, 0.29) is 11.9 Å². The molecule has 0 spiro atoms. The molecule has 2 N–H and O–H groups in total. The Morgan fingerprint density at radius 3 is 2.80 bits per heavy atom. The van der Waals surface area contributed by atoms with Crippen LogP contribution in [-0.4, -0.2) is 23.0 Å². The average molecular weight is 223 g/mol. The molecule has 15 heavy (non-hydrogen) atoms. The van der Waals surface area contributed by atoms with Crippen LogP contribution in [0.3, 0.4) is 0 Å². The first-order valence-electron chi connectivity index (χ1n) is 5.27. The van der Waals surface area contributed by atoms with Gasteiger partial charge in [-0.25, -0.2) is 0 Å². The SMILES string of the molecule is Cc1cc(C)c2c(c1)SC(CO)C(C)N2. The molecule has 2 unspecified atom stereocenters. The summed E-state index contributed by atoms with van der Waals surface area (Å²) in [6.07, 6.45) is 0. The average Bonchev–Trinajstić information content (AvgIpc) is 2.18. The zero-order valence-corrected chi connectivity index (χ0v) is 10.2. The van der Waals surface area contributed by atoms with Gasteiger partial charge in [-0.2, -0.15) is 0 Å². The Balaban J connectivity index is 2.40. The molecular formula is C12H17NOS. The Morgan fingerprint density at radius 1 is 1.40 bits per heavy atom. The van der Waals surface area contributed by atoms with E-state index in [1.54, 1.807) is 11.8 Å². The van der Waals surface area contributed by atoms with Gasteiger partial charge in [-0.15, -0.1) is 11.8 Å². The molecule has 82 valence electrons. The number of aryl methyl sites for hydroxylation is 2. The maximum atomic E-state index is 9.26. The summed E-state index contributed by atoms with van der Waals surface area (Å²) in [7, 11) is 0. The topological polar surface area (TPSA) is 32.3 Å². The predicted molar refractivity (Wildman–Crippen MR) is 65.7 cm³/mol. The van der Waals surface area contributed by atoms with Crippen LogP contribution < -0.4 is 5.32 Å². The molecule has 0 saturated heterocycles. The number of aliphatic hydroxyl groups is 1. The number of rotatable bonds is 1. The summed E-state index contributed by atoms with van der Waals surface area (Å²) >= 11 is 1.78. The normalized spacial score (nSPS) is 24.5. The van der Waals surface area contributed by atoms with Crippen LogP contribution in [-0.2, 0) is 0 Å². The lowest BCUT2D eigenvalue weighted by atomic mass is 10.1. The van der Waals surface area contributed by atoms with Gasteiger partial charge < -0.3 is 10.4 Å². The molecule has 2 nitrogen and oxygen atoms in total. The number of hydrogen-bond acceptors (Lipinski definition) is 3. The summed E-state index contributed by atoms with van der Waals surface area (Å²) in [5, 5.41) is 13.0. The van der Waals surface area contributed by atoms with Crippen LogP contribution in [0.25, 0.3) is 0 Å². The molecule has 0 aromatic heterocycles. The fraction of sp³-hybridized carbons (Fsp3) is 0.500. The Bertz CT molecular complexity index is 378. The van der Waals surface area contributed by atoms with Gasteiger partial charge in [0.15, 0.2) is 0 Å². The van der Waals surface area contributed by atoms with E-state index in [0.29, 0.717) is 6.04 Å². The zero-order valence-electron chi connectivity index (χ0n) is 9.37. The third-order valence-corrected chi connectivity index (χ3v) is 4.27. The first-order valence-corrected chi connectivity index (χ1v) is 6.15. The Kier molecular flexibility index (Phi) is 2.94. The van der Waals surface area contributed by atoms with Gasteiger partial charge in [-0.1, -0.05) is 6.07 Å². The number of fused-ring (bicyclic) bond motifs is 1. The molecule has 0 saturated carbocycles. The van der Waals surface area contributed by atoms with E-state index in [0.717, 1.165) is 0 Å². The van der Waals surface area contributed by atoms with E-state index in [1.807, 2.05) is 0 Å². The van der Waals surface area contributed by atoms with E-state index < -0.39 is 0 Å². The van der Waals surface area contributed by atoms with Crippen molar-refractivity contribution >= 4 is 17.4 Å². The molecular weight excluding hydrogens is 206 g/mol. The predicted octanol–water partition coefficient (Wildman–Crippen LogP) is 2.57. The number of thioether (sulfide) groups is 1. The van der Waals surface area contributed by atoms with Crippen LogP contribution in [0.1, 0.15) is 18.1 Å². The molecule has 2 rings (SSSR count). The Hall–Kier alpha value is -0.670. The number of nitrogens with one attached hydrogen (secondary N) is 1. The fourth-order valence-corrected chi connectivity index (χ4v) is 3.25. The largest absolute Gasteiger partial charge is 0.395 e. The number of hydrogen-bond donors (Lipinski definition) is 2. The fourth-order valence-electron chi connectivity index (χ4n) is 1.99. The van der Waals surface area contributed by atoms with Crippen molar-refractivity contribution in [2.75, 3.05) is 11.9 Å². The van der Waals surface area contributed by atoms with Crippen molar-refractivity contribution in [2.24, 2.45) is 0 Å². The lowest BCUT2D eigenvalue weighted by Crippen LogP contribution is -2.34. The number of benzene rings is 1. The minimum absolute atomic E-state index is 0.227. The van der Waals surface area contributed by atoms with Crippen LogP contribution in [0, 0.1) is 13.8 Å². The highest BCUT2D eigenvalue weighted by atomic mass is 32.2. The van der Waals surface area contributed by atoms with Gasteiger partial charge in [0.05, 0.1) is 17.5 Å². The molecule has 1 aliphatic rings. The van der Waals surface area contributed by atoms with Crippen LogP contribution in [0.5, 0.6) is 0 Å². The third-order valence-electron chi connectivity index (χ3n) is 2.83. The second-order valence-electron chi connectivity index (χ2n) is 4.23. The van der Waals surface area contributed by atoms with Crippen LogP contribution in [0.2, 0.25) is 0 Å². The van der Waals surface area contributed by atoms with Crippen molar-refractivity contribution in [3.63, 3.8) is 0 Å². The highest BCUT2D eigenvalue weighted by Gasteiger charge is 2.25. The first kappa shape index (κ1) is 10.8. The molecule has 1 aromatic rings. The van der Waals surface area contributed by atoms with Crippen molar-refractivity contribution < 1.29 is 5.11 Å². The summed E-state index contributed by atoms with van der Waals surface area (Å²) in [6.45, 7) is 6.59. The Morgan fingerprint density at radius 2 is 2.13 bits per heavy atom. The minimum Gasteiger partial charge on any atom is -0.395 e. The molecule has 0 fully saturated rings. The highest BCUT2D eigenvalue weighted by Crippen LogP contribution is 2.40. The van der Waals surface area contributed by atoms with Gasteiger partial charge in [0, 0.05) is 10.9 Å². The van der Waals surface area contributed by atoms with Crippen LogP contribution in [0.4, 0.5) is 5.69 Å². The van der Waals surface area contributed by atoms with E-state index in [4.69, 9.17) is 0 Å². The molecule has 1 heterocycles. The smallest absolute Gasteiger partial charge is 0.0573 e. The van der Waals surface area contributed by atoms with Crippen molar-refractivity contribution in [1.82, 2.24) is 0 Å². The number of anilines is 1. The van der Waals surface area contributed by atoms with Gasteiger partial charge in [-0.05, 0) is 38.0 Å².